The van der Waals surface area contributed by atoms with Gasteiger partial charge in [-0.2, -0.15) is 0 Å². The third kappa shape index (κ3) is 2.93. The molecule has 3 heteroatoms. The highest BCUT2D eigenvalue weighted by Crippen LogP contribution is 2.30. The molecule has 1 aromatic carbocycles. The summed E-state index contributed by atoms with van der Waals surface area (Å²) in [7, 11) is 0. The number of anilines is 1. The maximum absolute atomic E-state index is 5.74. The molecule has 3 nitrogen and oxygen atoms in total. The highest BCUT2D eigenvalue weighted by molar-refractivity contribution is 5.56. The van der Waals surface area contributed by atoms with Gasteiger partial charge >= 0.3 is 0 Å². The van der Waals surface area contributed by atoms with E-state index in [-0.39, 0.29) is 0 Å². The summed E-state index contributed by atoms with van der Waals surface area (Å²) in [5.41, 5.74) is 9.92. The summed E-state index contributed by atoms with van der Waals surface area (Å²) < 4.78 is 5.46. The largest absolute Gasteiger partial charge is 0.381 e. The summed E-state index contributed by atoms with van der Waals surface area (Å²) in [4.78, 5) is 2.58. The first kappa shape index (κ1) is 12.9. The Morgan fingerprint density at radius 1 is 1.26 bits per heavy atom. The van der Waals surface area contributed by atoms with E-state index in [0.29, 0.717) is 6.54 Å². The number of ether oxygens (including phenoxy) is 1. The Kier molecular flexibility index (Phi) is 4.04. The fourth-order valence-corrected chi connectivity index (χ4v) is 3.29. The molecule has 1 fully saturated rings. The minimum atomic E-state index is 0.646. The molecule has 0 amide bonds. The van der Waals surface area contributed by atoms with E-state index in [1.807, 2.05) is 0 Å². The van der Waals surface area contributed by atoms with E-state index in [9.17, 15) is 0 Å². The number of benzene rings is 1. The molecule has 2 heterocycles. The van der Waals surface area contributed by atoms with E-state index in [2.05, 4.69) is 23.1 Å². The Morgan fingerprint density at radius 3 is 2.89 bits per heavy atom. The van der Waals surface area contributed by atoms with E-state index < -0.39 is 0 Å². The normalized spacial score (nSPS) is 20.4. The lowest BCUT2D eigenvalue weighted by atomic mass is 9.95. The SMILES string of the molecule is NCc1ccc2c(c1)CCCN2CC1CCOCC1. The molecule has 0 radical (unpaired) electrons. The van der Waals surface area contributed by atoms with Crippen LogP contribution < -0.4 is 10.6 Å². The first-order valence-electron chi connectivity index (χ1n) is 7.51. The fourth-order valence-electron chi connectivity index (χ4n) is 3.29. The summed E-state index contributed by atoms with van der Waals surface area (Å²) in [6, 6.07) is 6.75. The van der Waals surface area contributed by atoms with E-state index in [1.165, 1.54) is 55.6 Å². The van der Waals surface area contributed by atoms with Crippen LogP contribution in [0.25, 0.3) is 0 Å². The second kappa shape index (κ2) is 5.93. The summed E-state index contributed by atoms with van der Waals surface area (Å²) >= 11 is 0. The van der Waals surface area contributed by atoms with Crippen molar-refractivity contribution in [3.8, 4) is 0 Å². The average Bonchev–Trinajstić information content (AvgIpc) is 2.48. The average molecular weight is 260 g/mol. The van der Waals surface area contributed by atoms with Gasteiger partial charge in [0, 0.05) is 38.5 Å². The van der Waals surface area contributed by atoms with Gasteiger partial charge in [-0.15, -0.1) is 0 Å². The standard InChI is InChI=1S/C16H24N2O/c17-11-14-3-4-16-15(10-14)2-1-7-18(16)12-13-5-8-19-9-6-13/h3-4,10,13H,1-2,5-9,11-12,17H2. The van der Waals surface area contributed by atoms with Gasteiger partial charge in [0.1, 0.15) is 0 Å². The molecule has 0 spiro atoms. The number of aryl methyl sites for hydroxylation is 1. The van der Waals surface area contributed by atoms with Crippen LogP contribution in [0.1, 0.15) is 30.4 Å². The van der Waals surface area contributed by atoms with Crippen LogP contribution in [0.15, 0.2) is 18.2 Å². The Labute approximate surface area is 115 Å². The quantitative estimate of drug-likeness (QED) is 0.906. The molecule has 0 aliphatic carbocycles. The van der Waals surface area contributed by atoms with Gasteiger partial charge in [-0.25, -0.2) is 0 Å². The molecule has 1 saturated heterocycles. The number of hydrogen-bond donors (Lipinski definition) is 1. The van der Waals surface area contributed by atoms with Gasteiger partial charge in [-0.3, -0.25) is 0 Å². The summed E-state index contributed by atoms with van der Waals surface area (Å²) in [5.74, 6) is 0.800. The number of hydrogen-bond acceptors (Lipinski definition) is 3. The molecule has 2 aliphatic rings. The second-order valence-electron chi connectivity index (χ2n) is 5.77. The van der Waals surface area contributed by atoms with Crippen molar-refractivity contribution >= 4 is 5.69 Å². The van der Waals surface area contributed by atoms with Crippen molar-refractivity contribution in [2.45, 2.75) is 32.2 Å². The molecular weight excluding hydrogens is 236 g/mol. The molecule has 104 valence electrons. The lowest BCUT2D eigenvalue weighted by Gasteiger charge is -2.35. The first-order chi connectivity index (χ1) is 9.36. The highest BCUT2D eigenvalue weighted by atomic mass is 16.5. The van der Waals surface area contributed by atoms with Crippen molar-refractivity contribution in [3.05, 3.63) is 29.3 Å². The van der Waals surface area contributed by atoms with Gasteiger partial charge in [0.2, 0.25) is 0 Å². The Balaban J connectivity index is 1.74. The predicted octanol–water partition coefficient (Wildman–Crippen LogP) is 2.32. The maximum atomic E-state index is 5.74. The van der Waals surface area contributed by atoms with Crippen LogP contribution in [0.3, 0.4) is 0 Å². The number of fused-ring (bicyclic) bond motifs is 1. The van der Waals surface area contributed by atoms with E-state index in [0.717, 1.165) is 19.1 Å². The van der Waals surface area contributed by atoms with Gasteiger partial charge in [-0.05, 0) is 48.8 Å². The van der Waals surface area contributed by atoms with Gasteiger partial charge < -0.3 is 15.4 Å². The van der Waals surface area contributed by atoms with Crippen molar-refractivity contribution in [1.29, 1.82) is 0 Å². The van der Waals surface area contributed by atoms with Crippen LogP contribution in [0.2, 0.25) is 0 Å². The third-order valence-corrected chi connectivity index (χ3v) is 4.41. The van der Waals surface area contributed by atoms with E-state index >= 15 is 0 Å². The predicted molar refractivity (Wildman–Crippen MR) is 78.4 cm³/mol. The van der Waals surface area contributed by atoms with Crippen molar-refractivity contribution in [2.24, 2.45) is 11.7 Å². The van der Waals surface area contributed by atoms with Crippen LogP contribution in [0, 0.1) is 5.92 Å². The minimum absolute atomic E-state index is 0.646. The molecule has 0 saturated carbocycles. The molecule has 0 unspecified atom stereocenters. The highest BCUT2D eigenvalue weighted by Gasteiger charge is 2.22. The molecular formula is C16H24N2O. The topological polar surface area (TPSA) is 38.5 Å². The monoisotopic (exact) mass is 260 g/mol. The molecule has 3 rings (SSSR count). The zero-order valence-electron chi connectivity index (χ0n) is 11.6. The summed E-state index contributed by atoms with van der Waals surface area (Å²) in [5, 5.41) is 0. The van der Waals surface area contributed by atoms with E-state index in [1.54, 1.807) is 0 Å². The Hall–Kier alpha value is -1.06. The number of nitrogens with zero attached hydrogens (tertiary/aromatic N) is 1. The van der Waals surface area contributed by atoms with Crippen LogP contribution in [-0.2, 0) is 17.7 Å². The molecule has 19 heavy (non-hydrogen) atoms. The van der Waals surface area contributed by atoms with Crippen molar-refractivity contribution < 1.29 is 4.74 Å². The molecule has 0 aromatic heterocycles. The minimum Gasteiger partial charge on any atom is -0.381 e. The first-order valence-corrected chi connectivity index (χ1v) is 7.51. The molecule has 2 aliphatic heterocycles. The second-order valence-corrected chi connectivity index (χ2v) is 5.77. The zero-order valence-corrected chi connectivity index (χ0v) is 11.6. The van der Waals surface area contributed by atoms with Gasteiger partial charge in [0.25, 0.3) is 0 Å². The van der Waals surface area contributed by atoms with Gasteiger partial charge in [0.15, 0.2) is 0 Å². The molecule has 0 atom stereocenters. The molecule has 2 N–H and O–H groups in total. The van der Waals surface area contributed by atoms with Crippen LogP contribution in [0.5, 0.6) is 0 Å². The van der Waals surface area contributed by atoms with Crippen LogP contribution in [0.4, 0.5) is 5.69 Å². The molecule has 1 aromatic rings. The van der Waals surface area contributed by atoms with Crippen molar-refractivity contribution in [3.63, 3.8) is 0 Å². The van der Waals surface area contributed by atoms with Gasteiger partial charge in [-0.1, -0.05) is 12.1 Å². The third-order valence-electron chi connectivity index (χ3n) is 4.41. The number of nitrogens with two attached hydrogens (primary N) is 1. The smallest absolute Gasteiger partial charge is 0.0469 e. The van der Waals surface area contributed by atoms with Crippen LogP contribution in [-0.4, -0.2) is 26.3 Å². The lowest BCUT2D eigenvalue weighted by Crippen LogP contribution is -2.36. The summed E-state index contributed by atoms with van der Waals surface area (Å²) in [6.07, 6.45) is 4.90. The summed E-state index contributed by atoms with van der Waals surface area (Å²) in [6.45, 7) is 4.92. The van der Waals surface area contributed by atoms with Crippen molar-refractivity contribution in [2.75, 3.05) is 31.2 Å². The van der Waals surface area contributed by atoms with Crippen molar-refractivity contribution in [1.82, 2.24) is 0 Å². The molecule has 0 bridgehead atoms. The van der Waals surface area contributed by atoms with E-state index in [4.69, 9.17) is 10.5 Å². The Bertz CT molecular complexity index is 427. The fraction of sp³-hybridized carbons (Fsp3) is 0.625. The van der Waals surface area contributed by atoms with Crippen LogP contribution >= 0.6 is 0 Å². The zero-order chi connectivity index (χ0) is 13.1. The number of rotatable bonds is 3. The van der Waals surface area contributed by atoms with Gasteiger partial charge in [0.05, 0.1) is 0 Å². The maximum Gasteiger partial charge on any atom is 0.0469 e. The Morgan fingerprint density at radius 2 is 2.11 bits per heavy atom. The lowest BCUT2D eigenvalue weighted by molar-refractivity contribution is 0.0681.